The molecule has 0 N–H and O–H groups in total. The van der Waals surface area contributed by atoms with E-state index in [0.29, 0.717) is 5.82 Å². The van der Waals surface area contributed by atoms with Crippen LogP contribution in [0, 0.1) is 0 Å². The van der Waals surface area contributed by atoms with E-state index in [9.17, 15) is 0 Å². The van der Waals surface area contributed by atoms with E-state index in [1.165, 1.54) is 26.9 Å². The van der Waals surface area contributed by atoms with Crippen LogP contribution in [0.25, 0.3) is 227 Å². The fourth-order valence-corrected chi connectivity index (χ4v) is 17.1. The topological polar surface area (TPSA) is 80.0 Å². The molecule has 0 spiro atoms. The summed E-state index contributed by atoms with van der Waals surface area (Å²) in [5.74, 6) is 0.620. The maximum Gasteiger partial charge on any atom is 0.160 e. The Morgan fingerprint density at radius 2 is 0.472 bits per heavy atom. The summed E-state index contributed by atoms with van der Waals surface area (Å²) in [6.07, 6.45) is 0. The van der Waals surface area contributed by atoms with Crippen LogP contribution in [0.3, 0.4) is 0 Å². The second-order valence-corrected chi connectivity index (χ2v) is 28.4. The molecule has 23 rings (SSSR count). The van der Waals surface area contributed by atoms with Gasteiger partial charge in [-0.2, -0.15) is 0 Å². The van der Waals surface area contributed by atoms with Crippen LogP contribution in [0.4, 0.5) is 0 Å². The van der Waals surface area contributed by atoms with Crippen molar-refractivity contribution in [3.63, 3.8) is 0 Å². The summed E-state index contributed by atoms with van der Waals surface area (Å²) in [6, 6.07) is 128. The Balaban J connectivity index is 0.617. The van der Waals surface area contributed by atoms with Crippen molar-refractivity contribution in [1.82, 2.24) is 23.7 Å². The van der Waals surface area contributed by atoms with E-state index in [1.807, 2.05) is 36.4 Å². The number of hydrogen-bond acceptors (Lipinski definition) is 5. The normalized spacial score (nSPS) is 12.1. The lowest BCUT2D eigenvalue weighted by atomic mass is 10.0. The lowest BCUT2D eigenvalue weighted by Crippen LogP contribution is -1.99. The van der Waals surface area contributed by atoms with E-state index in [1.54, 1.807) is 0 Å². The molecule has 108 heavy (non-hydrogen) atoms. The Kier molecular flexibility index (Phi) is 13.0. The van der Waals surface area contributed by atoms with Crippen molar-refractivity contribution in [3.05, 3.63) is 358 Å². The summed E-state index contributed by atoms with van der Waals surface area (Å²) in [6.45, 7) is 0. The van der Waals surface area contributed by atoms with E-state index in [2.05, 4.69) is 335 Å². The molecule has 7 heterocycles. The fraction of sp³-hybridized carbons (Fsp3) is 0. The van der Waals surface area contributed by atoms with E-state index in [-0.39, 0.29) is 0 Å². The van der Waals surface area contributed by atoms with Crippen molar-refractivity contribution in [2.45, 2.75) is 0 Å². The third-order valence-electron chi connectivity index (χ3n) is 22.3. The van der Waals surface area contributed by atoms with Crippen molar-refractivity contribution in [3.8, 4) is 95.5 Å². The third kappa shape index (κ3) is 9.43. The van der Waals surface area contributed by atoms with Crippen LogP contribution in [-0.4, -0.2) is 23.7 Å². The summed E-state index contributed by atoms with van der Waals surface area (Å²) in [5, 5.41) is 13.8. The van der Waals surface area contributed by atoms with Gasteiger partial charge in [0, 0.05) is 98.4 Å². The average molecular weight is 1380 g/mol. The highest BCUT2D eigenvalue weighted by Crippen LogP contribution is 2.44. The molecule has 0 saturated heterocycles. The first-order valence-corrected chi connectivity index (χ1v) is 36.6. The molecule has 0 aliphatic rings. The summed E-state index contributed by atoms with van der Waals surface area (Å²) in [5.41, 5.74) is 28.6. The highest BCUT2D eigenvalue weighted by molar-refractivity contribution is 6.15. The van der Waals surface area contributed by atoms with Crippen molar-refractivity contribution in [2.75, 3.05) is 0 Å². The van der Waals surface area contributed by atoms with Gasteiger partial charge in [-0.05, 0) is 196 Å². The highest BCUT2D eigenvalue weighted by Gasteiger charge is 2.22. The van der Waals surface area contributed by atoms with Crippen LogP contribution in [0.5, 0.6) is 0 Å². The summed E-state index contributed by atoms with van der Waals surface area (Å²) in [7, 11) is 0. The summed E-state index contributed by atoms with van der Waals surface area (Å²) in [4.78, 5) is 11.1. The molecule has 16 aromatic carbocycles. The van der Waals surface area contributed by atoms with E-state index in [4.69, 9.17) is 23.2 Å². The molecule has 0 bridgehead atoms. The minimum atomic E-state index is 0.620. The largest absolute Gasteiger partial charge is 0.456 e. The second-order valence-electron chi connectivity index (χ2n) is 28.4. The molecule has 0 amide bonds. The Labute approximate surface area is 617 Å². The molecule has 23 aromatic rings. The molecule has 8 heteroatoms. The first-order chi connectivity index (χ1) is 53.5. The van der Waals surface area contributed by atoms with Crippen LogP contribution in [0.2, 0.25) is 0 Å². The maximum atomic E-state index is 6.38. The van der Waals surface area contributed by atoms with Gasteiger partial charge in [0.2, 0.25) is 0 Å². The van der Waals surface area contributed by atoms with E-state index < -0.39 is 0 Å². The van der Waals surface area contributed by atoms with Gasteiger partial charge in [-0.15, -0.1) is 0 Å². The van der Waals surface area contributed by atoms with Gasteiger partial charge in [0.1, 0.15) is 33.5 Å². The monoisotopic (exact) mass is 1380 g/mol. The van der Waals surface area contributed by atoms with Crippen molar-refractivity contribution >= 4 is 131 Å². The lowest BCUT2D eigenvalue weighted by Gasteiger charge is -2.14. The average Bonchev–Trinajstić information content (AvgIpc) is 1.59. The first-order valence-electron chi connectivity index (χ1n) is 36.6. The first kappa shape index (κ1) is 59.9. The highest BCUT2D eigenvalue weighted by atomic mass is 16.3. The maximum absolute atomic E-state index is 6.38. The van der Waals surface area contributed by atoms with Crippen molar-refractivity contribution in [1.29, 1.82) is 0 Å². The minimum absolute atomic E-state index is 0.620. The predicted molar refractivity (Wildman–Crippen MR) is 445 cm³/mol. The molecule has 0 unspecified atom stereocenters. The number of para-hydroxylation sites is 6. The van der Waals surface area contributed by atoms with Crippen LogP contribution in [0.15, 0.2) is 371 Å². The van der Waals surface area contributed by atoms with Gasteiger partial charge in [0.15, 0.2) is 5.82 Å². The van der Waals surface area contributed by atoms with Crippen LogP contribution >= 0.6 is 0 Å². The Bertz CT molecular complexity index is 7390. The molecule has 0 saturated carbocycles. The number of fused-ring (bicyclic) bond motifs is 18. The minimum Gasteiger partial charge on any atom is -0.456 e. The third-order valence-corrected chi connectivity index (χ3v) is 22.3. The number of aromatic nitrogens is 5. The van der Waals surface area contributed by atoms with Crippen molar-refractivity contribution < 1.29 is 13.3 Å². The van der Waals surface area contributed by atoms with Gasteiger partial charge < -0.3 is 27.0 Å². The summed E-state index contributed by atoms with van der Waals surface area (Å²) < 4.78 is 26.2. The molecule has 0 aliphatic carbocycles. The van der Waals surface area contributed by atoms with Gasteiger partial charge in [-0.25, -0.2) is 9.97 Å². The number of furan rings is 3. The van der Waals surface area contributed by atoms with Gasteiger partial charge in [-0.3, -0.25) is 0 Å². The zero-order valence-corrected chi connectivity index (χ0v) is 58.0. The Hall–Kier alpha value is -14.6. The van der Waals surface area contributed by atoms with Gasteiger partial charge in [0.05, 0.1) is 44.5 Å². The van der Waals surface area contributed by atoms with Gasteiger partial charge in [0.25, 0.3) is 0 Å². The molecule has 0 radical (unpaired) electrons. The Morgan fingerprint density at radius 3 is 0.907 bits per heavy atom. The molecule has 0 fully saturated rings. The van der Waals surface area contributed by atoms with Crippen LogP contribution < -0.4 is 0 Å². The standard InChI is InChI=1S/C100H59N5O3/c1-7-25-88-74(19-1)83-53-63(66-37-45-80-77-22-4-10-28-94(77)106-97(80)56-66)40-48-91(83)103(88)71-43-35-61(36-44-71)60-31-33-62(34-32-60)86-59-87(69-15-13-17-72(51-69)104-89-26-8-2-20-75(89)84-54-64(41-49-92(84)104)67-38-46-81-78-23-5-11-29-95(78)107-98(81)57-67)102-100(101-86)70-16-14-18-73(52-70)105-90-27-9-3-21-76(90)85-55-65(42-50-93(85)105)68-39-47-82-79-24-6-12-30-96(79)108-99(82)58-68/h1-59H. The zero-order chi connectivity index (χ0) is 70.7. The number of benzene rings is 16. The van der Waals surface area contributed by atoms with Crippen LogP contribution in [0.1, 0.15) is 0 Å². The molecular weight excluding hydrogens is 1320 g/mol. The second kappa shape index (κ2) is 23.5. The molecule has 0 atom stereocenters. The van der Waals surface area contributed by atoms with Crippen LogP contribution in [-0.2, 0) is 0 Å². The molecule has 7 aromatic heterocycles. The van der Waals surface area contributed by atoms with E-state index >= 15 is 0 Å². The fourth-order valence-electron chi connectivity index (χ4n) is 17.1. The molecular formula is C100H59N5O3. The lowest BCUT2D eigenvalue weighted by molar-refractivity contribution is 0.668. The number of nitrogens with zero attached hydrogens (tertiary/aromatic N) is 5. The number of rotatable bonds is 10. The van der Waals surface area contributed by atoms with Gasteiger partial charge >= 0.3 is 0 Å². The zero-order valence-electron chi connectivity index (χ0n) is 58.0. The van der Waals surface area contributed by atoms with E-state index in [0.717, 1.165) is 194 Å². The molecule has 8 nitrogen and oxygen atoms in total. The smallest absolute Gasteiger partial charge is 0.160 e. The predicted octanol–water partition coefficient (Wildman–Crippen LogP) is 27.1. The summed E-state index contributed by atoms with van der Waals surface area (Å²) >= 11 is 0. The SMILES string of the molecule is c1cc(-c2cc(-c3ccc(-c4ccc(-n5c6ccccc6c6cc(-c7ccc8c(c7)oc7ccccc78)ccc65)cc4)cc3)nc(-c3cccc(-n4c5ccccc5c5cc(-c6ccc7c(c6)oc6ccccc67)ccc54)c3)n2)cc(-n2c3ccccc3c3cc(-c4ccc5c(c4)oc4ccccc45)ccc32)c1. The molecule has 0 aliphatic heterocycles. The number of hydrogen-bond donors (Lipinski definition) is 0. The quantitative estimate of drug-likeness (QED) is 0.136. The van der Waals surface area contributed by atoms with Crippen molar-refractivity contribution in [2.24, 2.45) is 0 Å². The van der Waals surface area contributed by atoms with Gasteiger partial charge in [-0.1, -0.05) is 206 Å². The Morgan fingerprint density at radius 1 is 0.167 bits per heavy atom. The molecule has 502 valence electrons.